The third kappa shape index (κ3) is 4.74. The first kappa shape index (κ1) is 18.8. The Balaban J connectivity index is 2.02. The molecule has 0 saturated carbocycles. The molecule has 0 fully saturated rings. The molecule has 5 nitrogen and oxygen atoms in total. The van der Waals surface area contributed by atoms with Gasteiger partial charge in [0.05, 0.1) is 0 Å². The summed E-state index contributed by atoms with van der Waals surface area (Å²) in [5.41, 5.74) is 0.906. The highest BCUT2D eigenvalue weighted by Gasteiger charge is 2.34. The summed E-state index contributed by atoms with van der Waals surface area (Å²) in [6.07, 6.45) is -4.52. The average Bonchev–Trinajstić information content (AvgIpc) is 2.91. The molecule has 1 aromatic carbocycles. The number of carbonyl (C=O) groups excluding carboxylic acids is 1. The van der Waals surface area contributed by atoms with Crippen LogP contribution in [0.5, 0.6) is 0 Å². The van der Waals surface area contributed by atoms with Gasteiger partial charge in [-0.05, 0) is 51.1 Å². The lowest BCUT2D eigenvalue weighted by Gasteiger charge is -2.21. The van der Waals surface area contributed by atoms with E-state index in [-0.39, 0.29) is 12.2 Å². The first-order valence-electron chi connectivity index (χ1n) is 8.01. The first-order chi connectivity index (χ1) is 11.7. The van der Waals surface area contributed by atoms with Crippen molar-refractivity contribution in [2.45, 2.75) is 33.5 Å². The van der Waals surface area contributed by atoms with Crippen LogP contribution in [-0.4, -0.2) is 28.8 Å². The van der Waals surface area contributed by atoms with Gasteiger partial charge in [-0.25, -0.2) is 0 Å². The van der Waals surface area contributed by atoms with E-state index in [9.17, 15) is 18.0 Å². The summed E-state index contributed by atoms with van der Waals surface area (Å²) in [6.45, 7) is 7.07. The van der Waals surface area contributed by atoms with Gasteiger partial charge in [0.15, 0.2) is 5.69 Å². The molecule has 8 heteroatoms. The van der Waals surface area contributed by atoms with E-state index in [0.29, 0.717) is 5.69 Å². The summed E-state index contributed by atoms with van der Waals surface area (Å²) < 4.78 is 39.0. The molecule has 1 heterocycles. The third-order valence-corrected chi connectivity index (χ3v) is 3.84. The highest BCUT2D eigenvalue weighted by molar-refractivity contribution is 5.90. The number of benzene rings is 1. The number of nitrogens with zero attached hydrogens (tertiary/aromatic N) is 3. The highest BCUT2D eigenvalue weighted by Crippen LogP contribution is 2.28. The Bertz CT molecular complexity index is 718. The Morgan fingerprint density at radius 1 is 1.20 bits per heavy atom. The number of rotatable bonds is 6. The second kappa shape index (κ2) is 7.58. The second-order valence-corrected chi connectivity index (χ2v) is 5.59. The smallest absolute Gasteiger partial charge is 0.372 e. The van der Waals surface area contributed by atoms with E-state index in [1.54, 1.807) is 12.1 Å². The quantitative estimate of drug-likeness (QED) is 0.861. The number of aryl methyl sites for hydroxylation is 1. The molecule has 25 heavy (non-hydrogen) atoms. The summed E-state index contributed by atoms with van der Waals surface area (Å²) in [6, 6.07) is 8.24. The van der Waals surface area contributed by atoms with Crippen LogP contribution in [0.15, 0.2) is 30.3 Å². The Labute approximate surface area is 144 Å². The zero-order chi connectivity index (χ0) is 18.6. The maximum Gasteiger partial charge on any atom is 0.435 e. The van der Waals surface area contributed by atoms with E-state index in [4.69, 9.17) is 0 Å². The fourth-order valence-electron chi connectivity index (χ4n) is 2.49. The van der Waals surface area contributed by atoms with Crippen LogP contribution in [0, 0.1) is 6.92 Å². The van der Waals surface area contributed by atoms with Gasteiger partial charge in [0.1, 0.15) is 6.54 Å². The molecule has 1 N–H and O–H groups in total. The number of aromatic nitrogens is 2. The molecule has 1 aromatic heterocycles. The van der Waals surface area contributed by atoms with Gasteiger partial charge >= 0.3 is 6.18 Å². The van der Waals surface area contributed by atoms with Crippen molar-refractivity contribution in [2.75, 3.05) is 23.3 Å². The van der Waals surface area contributed by atoms with Crippen molar-refractivity contribution < 1.29 is 18.0 Å². The molecule has 0 bridgehead atoms. The van der Waals surface area contributed by atoms with Gasteiger partial charge in [-0.3, -0.25) is 9.48 Å². The first-order valence-corrected chi connectivity index (χ1v) is 8.01. The van der Waals surface area contributed by atoms with Gasteiger partial charge < -0.3 is 10.2 Å². The number of nitrogens with one attached hydrogen (secondary N) is 1. The van der Waals surface area contributed by atoms with Crippen molar-refractivity contribution in [3.05, 3.63) is 41.7 Å². The van der Waals surface area contributed by atoms with Gasteiger partial charge in [0.2, 0.25) is 5.91 Å². The molecule has 136 valence electrons. The van der Waals surface area contributed by atoms with Gasteiger partial charge in [0.25, 0.3) is 0 Å². The standard InChI is InChI=1S/C17H21F3N4O/c1-4-23(5-2)14-8-6-13(7-9-14)21-16(25)11-24-12(3)10-15(22-24)17(18,19)20/h6-10H,4-5,11H2,1-3H3,(H,21,25). The molecule has 0 spiro atoms. The highest BCUT2D eigenvalue weighted by atomic mass is 19.4. The number of alkyl halides is 3. The maximum atomic E-state index is 12.6. The van der Waals surface area contributed by atoms with E-state index in [1.165, 1.54) is 6.92 Å². The number of hydrogen-bond donors (Lipinski definition) is 1. The fourth-order valence-corrected chi connectivity index (χ4v) is 2.49. The Hall–Kier alpha value is -2.51. The lowest BCUT2D eigenvalue weighted by Crippen LogP contribution is -2.22. The Kier molecular flexibility index (Phi) is 5.71. The summed E-state index contributed by atoms with van der Waals surface area (Å²) in [5.74, 6) is -0.435. The van der Waals surface area contributed by atoms with Crippen LogP contribution < -0.4 is 10.2 Å². The lowest BCUT2D eigenvalue weighted by molar-refractivity contribution is -0.141. The molecule has 2 rings (SSSR count). The largest absolute Gasteiger partial charge is 0.435 e. The van der Waals surface area contributed by atoms with Crippen molar-refractivity contribution in [3.63, 3.8) is 0 Å². The van der Waals surface area contributed by atoms with E-state index in [1.807, 2.05) is 12.1 Å². The molecule has 0 radical (unpaired) electrons. The van der Waals surface area contributed by atoms with Crippen LogP contribution in [-0.2, 0) is 17.5 Å². The third-order valence-electron chi connectivity index (χ3n) is 3.84. The lowest BCUT2D eigenvalue weighted by atomic mass is 10.2. The van der Waals surface area contributed by atoms with Crippen LogP contribution >= 0.6 is 0 Å². The molecule has 0 aliphatic carbocycles. The van der Waals surface area contributed by atoms with Gasteiger partial charge in [-0.1, -0.05) is 0 Å². The molecule has 1 amide bonds. The maximum absolute atomic E-state index is 12.6. The second-order valence-electron chi connectivity index (χ2n) is 5.59. The number of anilines is 2. The monoisotopic (exact) mass is 354 g/mol. The molecule has 2 aromatic rings. The molecule has 0 atom stereocenters. The molecule has 0 aliphatic rings. The van der Waals surface area contributed by atoms with Crippen molar-refractivity contribution in [3.8, 4) is 0 Å². The van der Waals surface area contributed by atoms with Crippen LogP contribution in [0.3, 0.4) is 0 Å². The number of carbonyl (C=O) groups is 1. The Morgan fingerprint density at radius 3 is 2.28 bits per heavy atom. The predicted octanol–water partition coefficient (Wildman–Crippen LogP) is 3.70. The van der Waals surface area contributed by atoms with Gasteiger partial charge in [0, 0.05) is 30.2 Å². The Morgan fingerprint density at radius 2 is 1.80 bits per heavy atom. The van der Waals surface area contributed by atoms with Crippen molar-refractivity contribution >= 4 is 17.3 Å². The predicted molar refractivity (Wildman–Crippen MR) is 90.6 cm³/mol. The molecular formula is C17H21F3N4O. The number of halogens is 3. The molecule has 0 aliphatic heterocycles. The molecule has 0 unspecified atom stereocenters. The molecular weight excluding hydrogens is 333 g/mol. The number of hydrogen-bond acceptors (Lipinski definition) is 3. The van der Waals surface area contributed by atoms with Crippen LogP contribution in [0.25, 0.3) is 0 Å². The van der Waals surface area contributed by atoms with Crippen LogP contribution in [0.1, 0.15) is 25.2 Å². The van der Waals surface area contributed by atoms with Gasteiger partial charge in [-0.15, -0.1) is 0 Å². The minimum Gasteiger partial charge on any atom is -0.372 e. The summed E-state index contributed by atoms with van der Waals surface area (Å²) in [5, 5.41) is 6.11. The molecule has 0 saturated heterocycles. The van der Waals surface area contributed by atoms with Crippen LogP contribution in [0.2, 0.25) is 0 Å². The summed E-state index contributed by atoms with van der Waals surface area (Å²) in [7, 11) is 0. The van der Waals surface area contributed by atoms with E-state index >= 15 is 0 Å². The summed E-state index contributed by atoms with van der Waals surface area (Å²) >= 11 is 0. The van der Waals surface area contributed by atoms with E-state index in [2.05, 4.69) is 29.2 Å². The minimum absolute atomic E-state index is 0.277. The average molecular weight is 354 g/mol. The topological polar surface area (TPSA) is 50.2 Å². The van der Waals surface area contributed by atoms with Crippen molar-refractivity contribution in [1.29, 1.82) is 0 Å². The van der Waals surface area contributed by atoms with E-state index < -0.39 is 17.8 Å². The minimum atomic E-state index is -4.52. The summed E-state index contributed by atoms with van der Waals surface area (Å²) in [4.78, 5) is 14.2. The zero-order valence-electron chi connectivity index (χ0n) is 14.4. The van der Waals surface area contributed by atoms with Crippen LogP contribution in [0.4, 0.5) is 24.5 Å². The van der Waals surface area contributed by atoms with E-state index in [0.717, 1.165) is 29.5 Å². The van der Waals surface area contributed by atoms with Crippen molar-refractivity contribution in [1.82, 2.24) is 9.78 Å². The van der Waals surface area contributed by atoms with Crippen molar-refractivity contribution in [2.24, 2.45) is 0 Å². The van der Waals surface area contributed by atoms with Gasteiger partial charge in [-0.2, -0.15) is 18.3 Å². The zero-order valence-corrected chi connectivity index (χ0v) is 14.4. The normalized spacial score (nSPS) is 11.4. The number of amides is 1. The fraction of sp³-hybridized carbons (Fsp3) is 0.412. The SMILES string of the molecule is CCN(CC)c1ccc(NC(=O)Cn2nc(C(F)(F)F)cc2C)cc1.